The van der Waals surface area contributed by atoms with Crippen LogP contribution in [0.2, 0.25) is 0 Å². The van der Waals surface area contributed by atoms with Crippen LogP contribution in [-0.2, 0) is 12.0 Å². The zero-order chi connectivity index (χ0) is 17.2. The highest BCUT2D eigenvalue weighted by molar-refractivity contribution is 5.52. The van der Waals surface area contributed by atoms with Gasteiger partial charge in [0.2, 0.25) is 5.89 Å². The maximum atomic E-state index is 5.92. The molecule has 0 atom stereocenters. The van der Waals surface area contributed by atoms with Crippen molar-refractivity contribution in [1.82, 2.24) is 10.2 Å². The van der Waals surface area contributed by atoms with E-state index in [1.54, 1.807) is 0 Å². The van der Waals surface area contributed by atoms with Crippen LogP contribution in [0.4, 0.5) is 0 Å². The first kappa shape index (κ1) is 16.2. The molecule has 0 fully saturated rings. The summed E-state index contributed by atoms with van der Waals surface area (Å²) in [5.41, 5.74) is 3.27. The topological polar surface area (TPSA) is 48.2 Å². The van der Waals surface area contributed by atoms with Gasteiger partial charge in [-0.25, -0.2) is 0 Å². The van der Waals surface area contributed by atoms with E-state index in [0.29, 0.717) is 11.8 Å². The summed E-state index contributed by atoms with van der Waals surface area (Å²) >= 11 is 0. The fraction of sp³-hybridized carbons (Fsp3) is 0.300. The van der Waals surface area contributed by atoms with Gasteiger partial charge < -0.3 is 9.15 Å². The quantitative estimate of drug-likeness (QED) is 0.684. The number of nitrogens with zero attached hydrogens (tertiary/aromatic N) is 2. The van der Waals surface area contributed by atoms with E-state index in [-0.39, 0.29) is 12.0 Å². The summed E-state index contributed by atoms with van der Waals surface area (Å²) in [4.78, 5) is 0. The monoisotopic (exact) mass is 322 g/mol. The third kappa shape index (κ3) is 3.65. The van der Waals surface area contributed by atoms with Crippen molar-refractivity contribution in [3.05, 3.63) is 65.5 Å². The minimum atomic E-state index is 0.0124. The summed E-state index contributed by atoms with van der Waals surface area (Å²) in [6.07, 6.45) is 0. The van der Waals surface area contributed by atoms with Crippen LogP contribution in [0.1, 0.15) is 37.8 Å². The van der Waals surface area contributed by atoms with E-state index in [0.717, 1.165) is 16.9 Å². The molecule has 0 radical (unpaired) electrons. The number of aryl methyl sites for hydroxylation is 1. The minimum absolute atomic E-state index is 0.0124. The van der Waals surface area contributed by atoms with E-state index in [9.17, 15) is 0 Å². The standard InChI is InChI=1S/C20H22N2O2/c1-14-9-11-15(12-10-14)19-22-21-18(24-19)13-23-17-8-6-5-7-16(17)20(2,3)4/h5-12H,13H2,1-4H3. The molecule has 0 aliphatic rings. The van der Waals surface area contributed by atoms with Crippen molar-refractivity contribution in [1.29, 1.82) is 0 Å². The third-order valence-electron chi connectivity index (χ3n) is 3.81. The van der Waals surface area contributed by atoms with Crippen molar-refractivity contribution in [2.75, 3.05) is 0 Å². The van der Waals surface area contributed by atoms with E-state index in [1.807, 2.05) is 49.4 Å². The average Bonchev–Trinajstić information content (AvgIpc) is 3.02. The smallest absolute Gasteiger partial charge is 0.254 e. The van der Waals surface area contributed by atoms with Crippen LogP contribution in [0.15, 0.2) is 52.9 Å². The second kappa shape index (κ2) is 6.48. The second-order valence-corrected chi connectivity index (χ2v) is 6.90. The maximum Gasteiger partial charge on any atom is 0.254 e. The number of ether oxygens (including phenoxy) is 1. The molecule has 124 valence electrons. The predicted octanol–water partition coefficient (Wildman–Crippen LogP) is 4.92. The number of hydrogen-bond acceptors (Lipinski definition) is 4. The van der Waals surface area contributed by atoms with Gasteiger partial charge in [0.15, 0.2) is 6.61 Å². The number of benzene rings is 2. The number of rotatable bonds is 4. The summed E-state index contributed by atoms with van der Waals surface area (Å²) in [5.74, 6) is 1.83. The lowest BCUT2D eigenvalue weighted by Gasteiger charge is -2.22. The van der Waals surface area contributed by atoms with Crippen LogP contribution in [0.25, 0.3) is 11.5 Å². The summed E-state index contributed by atoms with van der Waals surface area (Å²) < 4.78 is 11.6. The summed E-state index contributed by atoms with van der Waals surface area (Å²) in [6.45, 7) is 8.79. The molecule has 2 aromatic carbocycles. The van der Waals surface area contributed by atoms with Gasteiger partial charge in [-0.1, -0.05) is 56.7 Å². The molecule has 0 unspecified atom stereocenters. The fourth-order valence-corrected chi connectivity index (χ4v) is 2.48. The van der Waals surface area contributed by atoms with Crippen LogP contribution in [0.3, 0.4) is 0 Å². The lowest BCUT2D eigenvalue weighted by molar-refractivity contribution is 0.258. The number of aromatic nitrogens is 2. The van der Waals surface area contributed by atoms with Gasteiger partial charge in [0.05, 0.1) is 0 Å². The highest BCUT2D eigenvalue weighted by Crippen LogP contribution is 2.31. The van der Waals surface area contributed by atoms with Crippen LogP contribution in [0.5, 0.6) is 5.75 Å². The Balaban J connectivity index is 1.74. The highest BCUT2D eigenvalue weighted by Gasteiger charge is 2.19. The normalized spacial score (nSPS) is 11.5. The van der Waals surface area contributed by atoms with E-state index >= 15 is 0 Å². The van der Waals surface area contributed by atoms with Crippen molar-refractivity contribution in [3.8, 4) is 17.2 Å². The highest BCUT2D eigenvalue weighted by atomic mass is 16.5. The van der Waals surface area contributed by atoms with E-state index in [4.69, 9.17) is 9.15 Å². The van der Waals surface area contributed by atoms with Gasteiger partial charge in [-0.15, -0.1) is 10.2 Å². The molecule has 0 amide bonds. The molecule has 0 saturated carbocycles. The Morgan fingerprint density at radius 1 is 0.958 bits per heavy atom. The van der Waals surface area contributed by atoms with Crippen LogP contribution < -0.4 is 4.74 Å². The molecule has 1 heterocycles. The Morgan fingerprint density at radius 3 is 2.38 bits per heavy atom. The molecule has 4 heteroatoms. The molecule has 0 aliphatic carbocycles. The lowest BCUT2D eigenvalue weighted by atomic mass is 9.86. The number of hydrogen-bond donors (Lipinski definition) is 0. The van der Waals surface area contributed by atoms with E-state index in [2.05, 4.69) is 37.0 Å². The fourth-order valence-electron chi connectivity index (χ4n) is 2.48. The Kier molecular flexibility index (Phi) is 4.38. The maximum absolute atomic E-state index is 5.92. The van der Waals surface area contributed by atoms with Gasteiger partial charge >= 0.3 is 0 Å². The Labute approximate surface area is 142 Å². The molecular formula is C20H22N2O2. The molecule has 3 aromatic rings. The first-order chi connectivity index (χ1) is 11.4. The van der Waals surface area contributed by atoms with Gasteiger partial charge in [0.1, 0.15) is 5.75 Å². The SMILES string of the molecule is Cc1ccc(-c2nnc(COc3ccccc3C(C)(C)C)o2)cc1. The molecule has 0 aliphatic heterocycles. The molecule has 0 saturated heterocycles. The van der Waals surface area contributed by atoms with Gasteiger partial charge in [0.25, 0.3) is 5.89 Å². The summed E-state index contributed by atoms with van der Waals surface area (Å²) in [6, 6.07) is 16.0. The summed E-state index contributed by atoms with van der Waals surface area (Å²) in [5, 5.41) is 8.18. The van der Waals surface area contributed by atoms with Crippen LogP contribution in [0, 0.1) is 6.92 Å². The predicted molar refractivity (Wildman–Crippen MR) is 93.9 cm³/mol. The van der Waals surface area contributed by atoms with Crippen LogP contribution >= 0.6 is 0 Å². The zero-order valence-electron chi connectivity index (χ0n) is 14.5. The van der Waals surface area contributed by atoms with E-state index in [1.165, 1.54) is 5.56 Å². The van der Waals surface area contributed by atoms with Gasteiger partial charge in [-0.05, 0) is 36.1 Å². The number of para-hydroxylation sites is 1. The van der Waals surface area contributed by atoms with E-state index < -0.39 is 0 Å². The first-order valence-electron chi connectivity index (χ1n) is 8.05. The molecule has 3 rings (SSSR count). The van der Waals surface area contributed by atoms with Crippen molar-refractivity contribution in [2.24, 2.45) is 0 Å². The first-order valence-corrected chi connectivity index (χ1v) is 8.05. The molecule has 0 spiro atoms. The Morgan fingerprint density at radius 2 is 1.67 bits per heavy atom. The van der Waals surface area contributed by atoms with Crippen molar-refractivity contribution in [2.45, 2.75) is 39.7 Å². The molecule has 0 N–H and O–H groups in total. The van der Waals surface area contributed by atoms with Crippen molar-refractivity contribution in [3.63, 3.8) is 0 Å². The average molecular weight is 322 g/mol. The molecular weight excluding hydrogens is 300 g/mol. The minimum Gasteiger partial charge on any atom is -0.484 e. The van der Waals surface area contributed by atoms with Crippen LogP contribution in [-0.4, -0.2) is 10.2 Å². The van der Waals surface area contributed by atoms with Gasteiger partial charge in [-0.3, -0.25) is 0 Å². The Hall–Kier alpha value is -2.62. The largest absolute Gasteiger partial charge is 0.484 e. The Bertz CT molecular complexity index is 814. The second-order valence-electron chi connectivity index (χ2n) is 6.90. The van der Waals surface area contributed by atoms with Crippen molar-refractivity contribution >= 4 is 0 Å². The lowest BCUT2D eigenvalue weighted by Crippen LogP contribution is -2.13. The molecule has 4 nitrogen and oxygen atoms in total. The van der Waals surface area contributed by atoms with Gasteiger partial charge in [0, 0.05) is 5.56 Å². The molecule has 1 aromatic heterocycles. The van der Waals surface area contributed by atoms with Crippen molar-refractivity contribution < 1.29 is 9.15 Å². The van der Waals surface area contributed by atoms with Gasteiger partial charge in [-0.2, -0.15) is 0 Å². The molecule has 0 bridgehead atoms. The zero-order valence-corrected chi connectivity index (χ0v) is 14.5. The third-order valence-corrected chi connectivity index (χ3v) is 3.81. The molecule has 24 heavy (non-hydrogen) atoms. The summed E-state index contributed by atoms with van der Waals surface area (Å²) in [7, 11) is 0.